The summed E-state index contributed by atoms with van der Waals surface area (Å²) in [5, 5.41) is 17.3. The zero-order valence-electron chi connectivity index (χ0n) is 5.90. The first kappa shape index (κ1) is 9.86. The number of aliphatic hydroxyl groups is 2. The summed E-state index contributed by atoms with van der Waals surface area (Å²) >= 11 is 0. The number of primary amides is 1. The summed E-state index contributed by atoms with van der Waals surface area (Å²) in [5.41, 5.74) is 4.51. The Bertz CT molecular complexity index is 180. The maximum atomic E-state index is 10.5. The number of ether oxygens (including phenoxy) is 1. The minimum Gasteiger partial charge on any atom is -0.407 e. The average Bonchev–Trinajstić information content (AvgIpc) is 1.86. The Morgan fingerprint density at radius 1 is 1.64 bits per heavy atom. The van der Waals surface area contributed by atoms with Crippen molar-refractivity contribution in [2.24, 2.45) is 5.73 Å². The normalized spacial score (nSPS) is 15.2. The van der Waals surface area contributed by atoms with Crippen molar-refractivity contribution in [2.75, 3.05) is 6.61 Å². The third-order valence-corrected chi connectivity index (χ3v) is 1.03. The predicted octanol–water partition coefficient (Wildman–Crippen LogP) is -1.65. The van der Waals surface area contributed by atoms with Crippen LogP contribution in [0.1, 0.15) is 6.92 Å². The summed E-state index contributed by atoms with van der Waals surface area (Å²) < 4.78 is 3.94. The van der Waals surface area contributed by atoms with Gasteiger partial charge in [-0.05, 0) is 0 Å². The van der Waals surface area contributed by atoms with Crippen LogP contribution in [-0.4, -0.2) is 34.5 Å². The summed E-state index contributed by atoms with van der Waals surface area (Å²) in [7, 11) is 0. The molecule has 6 heteroatoms. The van der Waals surface area contributed by atoms with E-state index >= 15 is 0 Å². The second kappa shape index (κ2) is 3.31. The number of hydrogen-bond acceptors (Lipinski definition) is 5. The van der Waals surface area contributed by atoms with Crippen molar-refractivity contribution in [3.05, 3.63) is 0 Å². The molecule has 1 unspecified atom stereocenters. The van der Waals surface area contributed by atoms with Gasteiger partial charge in [-0.15, -0.1) is 0 Å². The SMILES string of the molecule is CC(=O)C(O)(CO)OC(N)=O. The Morgan fingerprint density at radius 3 is 2.18 bits per heavy atom. The number of carbonyl (C=O) groups is 2. The Kier molecular flexibility index (Phi) is 2.97. The van der Waals surface area contributed by atoms with Crippen LogP contribution in [0.2, 0.25) is 0 Å². The van der Waals surface area contributed by atoms with Gasteiger partial charge in [0.25, 0.3) is 5.79 Å². The van der Waals surface area contributed by atoms with E-state index in [1.807, 2.05) is 0 Å². The van der Waals surface area contributed by atoms with E-state index in [-0.39, 0.29) is 0 Å². The fraction of sp³-hybridized carbons (Fsp3) is 0.600. The first-order valence-electron chi connectivity index (χ1n) is 2.75. The van der Waals surface area contributed by atoms with E-state index in [2.05, 4.69) is 10.5 Å². The fourth-order valence-corrected chi connectivity index (χ4v) is 0.382. The van der Waals surface area contributed by atoms with Crippen LogP contribution < -0.4 is 5.73 Å². The van der Waals surface area contributed by atoms with Gasteiger partial charge < -0.3 is 20.7 Å². The molecule has 0 bridgehead atoms. The summed E-state index contributed by atoms with van der Waals surface area (Å²) in [6.45, 7) is -0.0512. The molecule has 0 saturated heterocycles. The topological polar surface area (TPSA) is 110 Å². The van der Waals surface area contributed by atoms with Crippen LogP contribution in [0.5, 0.6) is 0 Å². The van der Waals surface area contributed by atoms with E-state index in [9.17, 15) is 9.59 Å². The van der Waals surface area contributed by atoms with Crippen LogP contribution >= 0.6 is 0 Å². The van der Waals surface area contributed by atoms with E-state index in [1.165, 1.54) is 0 Å². The molecule has 0 heterocycles. The van der Waals surface area contributed by atoms with Gasteiger partial charge in [0.1, 0.15) is 6.61 Å². The molecule has 64 valence electrons. The van der Waals surface area contributed by atoms with Crippen molar-refractivity contribution < 1.29 is 24.5 Å². The molecular weight excluding hydrogens is 154 g/mol. The number of hydrogen-bond donors (Lipinski definition) is 3. The molecule has 0 aliphatic rings. The minimum atomic E-state index is -2.49. The minimum absolute atomic E-state index is 0.890. The highest BCUT2D eigenvalue weighted by Crippen LogP contribution is 2.06. The molecule has 0 saturated carbocycles. The highest BCUT2D eigenvalue weighted by molar-refractivity contribution is 5.85. The molecule has 0 rings (SSSR count). The summed E-state index contributed by atoms with van der Waals surface area (Å²) in [4.78, 5) is 20.5. The van der Waals surface area contributed by atoms with Gasteiger partial charge in [-0.25, -0.2) is 4.79 Å². The first-order chi connectivity index (χ1) is 4.92. The molecule has 0 aliphatic heterocycles. The standard InChI is InChI=1S/C5H9NO5/c1-3(8)5(10,2-7)11-4(6)9/h7,10H,2H2,1H3,(H2,6,9). The molecule has 11 heavy (non-hydrogen) atoms. The number of carbonyl (C=O) groups excluding carboxylic acids is 2. The molecule has 1 amide bonds. The van der Waals surface area contributed by atoms with Crippen molar-refractivity contribution in [2.45, 2.75) is 12.7 Å². The number of Topliss-reactive ketones (excluding diaryl/α,β-unsaturated/α-hetero) is 1. The maximum Gasteiger partial charge on any atom is 0.407 e. The third kappa shape index (κ3) is 2.52. The van der Waals surface area contributed by atoms with Crippen LogP contribution in [0, 0.1) is 0 Å². The second-order valence-electron chi connectivity index (χ2n) is 1.92. The largest absolute Gasteiger partial charge is 0.407 e. The van der Waals surface area contributed by atoms with Crippen molar-refractivity contribution in [1.29, 1.82) is 0 Å². The molecule has 0 fully saturated rings. The zero-order chi connectivity index (χ0) is 9.07. The molecule has 6 nitrogen and oxygen atoms in total. The lowest BCUT2D eigenvalue weighted by Gasteiger charge is -2.20. The molecule has 0 aromatic carbocycles. The lowest BCUT2D eigenvalue weighted by atomic mass is 10.2. The van der Waals surface area contributed by atoms with Gasteiger partial charge in [0.05, 0.1) is 0 Å². The summed E-state index contributed by atoms with van der Waals surface area (Å²) in [6, 6.07) is 0. The van der Waals surface area contributed by atoms with Crippen molar-refractivity contribution in [3.63, 3.8) is 0 Å². The smallest absolute Gasteiger partial charge is 0.407 e. The monoisotopic (exact) mass is 163 g/mol. The molecule has 0 aromatic heterocycles. The van der Waals surface area contributed by atoms with Crippen molar-refractivity contribution >= 4 is 11.9 Å². The first-order valence-corrected chi connectivity index (χ1v) is 2.75. The lowest BCUT2D eigenvalue weighted by Crippen LogP contribution is -2.46. The van der Waals surface area contributed by atoms with E-state index in [0.29, 0.717) is 0 Å². The van der Waals surface area contributed by atoms with E-state index < -0.39 is 24.3 Å². The number of nitrogens with two attached hydrogens (primary N) is 1. The highest BCUT2D eigenvalue weighted by Gasteiger charge is 2.35. The molecule has 0 aliphatic carbocycles. The van der Waals surface area contributed by atoms with Gasteiger partial charge in [0, 0.05) is 6.92 Å². The van der Waals surface area contributed by atoms with Crippen LogP contribution in [0.25, 0.3) is 0 Å². The van der Waals surface area contributed by atoms with Gasteiger partial charge in [-0.1, -0.05) is 0 Å². The van der Waals surface area contributed by atoms with Gasteiger partial charge >= 0.3 is 6.09 Å². The Labute approximate surface area is 62.6 Å². The van der Waals surface area contributed by atoms with Gasteiger partial charge in [-0.3, -0.25) is 4.79 Å². The van der Waals surface area contributed by atoms with Crippen molar-refractivity contribution in [1.82, 2.24) is 0 Å². The lowest BCUT2D eigenvalue weighted by molar-refractivity contribution is -0.192. The van der Waals surface area contributed by atoms with Crippen LogP contribution in [0.15, 0.2) is 0 Å². The fourth-order valence-electron chi connectivity index (χ4n) is 0.382. The van der Waals surface area contributed by atoms with E-state index in [4.69, 9.17) is 10.2 Å². The molecule has 4 N–H and O–H groups in total. The molecule has 0 spiro atoms. The quantitative estimate of drug-likeness (QED) is 0.432. The molecule has 1 atom stereocenters. The molecular formula is C5H9NO5. The number of aliphatic hydroxyl groups excluding tert-OH is 1. The number of ketones is 1. The maximum absolute atomic E-state index is 10.5. The van der Waals surface area contributed by atoms with Crippen LogP contribution in [-0.2, 0) is 9.53 Å². The number of amides is 1. The molecule has 0 aromatic rings. The average molecular weight is 163 g/mol. The van der Waals surface area contributed by atoms with Crippen LogP contribution in [0.4, 0.5) is 4.79 Å². The highest BCUT2D eigenvalue weighted by atomic mass is 16.7. The van der Waals surface area contributed by atoms with E-state index in [1.54, 1.807) is 0 Å². The summed E-state index contributed by atoms with van der Waals surface area (Å²) in [5.74, 6) is -3.38. The third-order valence-electron chi connectivity index (χ3n) is 1.03. The number of rotatable bonds is 3. The van der Waals surface area contributed by atoms with Crippen LogP contribution in [0.3, 0.4) is 0 Å². The second-order valence-corrected chi connectivity index (χ2v) is 1.92. The van der Waals surface area contributed by atoms with Gasteiger partial charge in [0.15, 0.2) is 0 Å². The Hall–Kier alpha value is -1.14. The Morgan fingerprint density at radius 2 is 2.09 bits per heavy atom. The van der Waals surface area contributed by atoms with Gasteiger partial charge in [-0.2, -0.15) is 0 Å². The van der Waals surface area contributed by atoms with E-state index in [0.717, 1.165) is 6.92 Å². The van der Waals surface area contributed by atoms with Crippen molar-refractivity contribution in [3.8, 4) is 0 Å². The Balaban J connectivity index is 4.34. The summed E-state index contributed by atoms with van der Waals surface area (Å²) in [6.07, 6.45) is -1.32. The molecule has 0 radical (unpaired) electrons. The predicted molar refractivity (Wildman–Crippen MR) is 33.4 cm³/mol. The zero-order valence-corrected chi connectivity index (χ0v) is 5.90. The van der Waals surface area contributed by atoms with Gasteiger partial charge in [0.2, 0.25) is 5.78 Å².